The maximum Gasteiger partial charge on any atom is 0.169 e. The molecule has 3 aromatic rings. The van der Waals surface area contributed by atoms with E-state index >= 15 is 0 Å². The van der Waals surface area contributed by atoms with Crippen LogP contribution in [0.5, 0.6) is 5.75 Å². The van der Waals surface area contributed by atoms with E-state index in [1.807, 2.05) is 41.1 Å². The van der Waals surface area contributed by atoms with Crippen LogP contribution >= 0.6 is 28.6 Å². The zero-order chi connectivity index (χ0) is 17.4. The van der Waals surface area contributed by atoms with Crippen molar-refractivity contribution >= 4 is 28.6 Å². The molecule has 0 aliphatic heterocycles. The summed E-state index contributed by atoms with van der Waals surface area (Å²) in [5, 5.41) is 0.574. The Morgan fingerprint density at radius 3 is 2.72 bits per heavy atom. The van der Waals surface area contributed by atoms with Crippen molar-refractivity contribution in [2.45, 2.75) is 30.5 Å². The molecule has 1 fully saturated rings. The van der Waals surface area contributed by atoms with Crippen molar-refractivity contribution in [3.8, 4) is 11.4 Å². The Balaban J connectivity index is 1.69. The van der Waals surface area contributed by atoms with E-state index in [0.29, 0.717) is 33.6 Å². The van der Waals surface area contributed by atoms with Gasteiger partial charge in [-0.1, -0.05) is 30.3 Å². The molecule has 6 heteroatoms. The lowest BCUT2D eigenvalue weighted by Crippen LogP contribution is -2.02. The van der Waals surface area contributed by atoms with Crippen LogP contribution in [0, 0.1) is 5.82 Å². The smallest absolute Gasteiger partial charge is 0.169 e. The first-order chi connectivity index (χ1) is 12.1. The Morgan fingerprint density at radius 2 is 2.00 bits per heavy atom. The third-order valence-electron chi connectivity index (χ3n) is 4.20. The van der Waals surface area contributed by atoms with Gasteiger partial charge < -0.3 is 4.74 Å². The van der Waals surface area contributed by atoms with E-state index in [0.717, 1.165) is 24.1 Å². The molecule has 0 spiro atoms. The standard InChI is InChI=1S/C19H16BrFN2OS/c20-14-8-17(23-10-16(13-6-7-13)22-19(23)25)18(9-15(14)21)24-11-12-4-2-1-3-5-12/h1-5,8-10,13H,6-7,11H2,(H,22,25). The molecule has 0 unspecified atom stereocenters. The molecular weight excluding hydrogens is 403 g/mol. The van der Waals surface area contributed by atoms with Crippen LogP contribution in [0.3, 0.4) is 0 Å². The van der Waals surface area contributed by atoms with Gasteiger partial charge in [-0.3, -0.25) is 4.57 Å². The Hall–Kier alpha value is -1.79. The van der Waals surface area contributed by atoms with E-state index < -0.39 is 0 Å². The normalized spacial score (nSPS) is 13.9. The largest absolute Gasteiger partial charge is 0.487 e. The zero-order valence-corrected chi connectivity index (χ0v) is 15.8. The first kappa shape index (κ1) is 16.7. The average molecular weight is 419 g/mol. The van der Waals surface area contributed by atoms with Gasteiger partial charge in [0.1, 0.15) is 18.2 Å². The fraction of sp³-hybridized carbons (Fsp3) is 0.211. The summed E-state index contributed by atoms with van der Waals surface area (Å²) in [4.78, 5) is 4.52. The Kier molecular flexibility index (Phi) is 4.56. The summed E-state index contributed by atoms with van der Waals surface area (Å²) in [5.41, 5.74) is 2.76. The molecule has 1 saturated carbocycles. The molecule has 128 valence electrons. The fourth-order valence-corrected chi connectivity index (χ4v) is 3.31. The molecule has 4 rings (SSSR count). The van der Waals surface area contributed by atoms with Crippen LogP contribution in [-0.4, -0.2) is 9.55 Å². The van der Waals surface area contributed by atoms with Crippen LogP contribution in [0.2, 0.25) is 0 Å². The molecule has 1 heterocycles. The molecule has 0 radical (unpaired) electrons. The van der Waals surface area contributed by atoms with Crippen molar-refractivity contribution in [2.75, 3.05) is 0 Å². The molecule has 0 atom stereocenters. The number of aromatic nitrogens is 2. The number of hydrogen-bond acceptors (Lipinski definition) is 3. The van der Waals surface area contributed by atoms with Gasteiger partial charge in [0.05, 0.1) is 15.9 Å². The number of ether oxygens (including phenoxy) is 1. The maximum atomic E-state index is 14.1. The molecule has 1 aromatic heterocycles. The minimum Gasteiger partial charge on any atom is -0.487 e. The lowest BCUT2D eigenvalue weighted by Gasteiger charge is -2.14. The number of nitrogens with zero attached hydrogens (tertiary/aromatic N) is 2. The van der Waals surface area contributed by atoms with Crippen molar-refractivity contribution in [3.05, 3.63) is 70.2 Å². The lowest BCUT2D eigenvalue weighted by molar-refractivity contribution is 0.303. The van der Waals surface area contributed by atoms with E-state index in [4.69, 9.17) is 4.74 Å². The maximum absolute atomic E-state index is 14.1. The highest BCUT2D eigenvalue weighted by atomic mass is 79.9. The van der Waals surface area contributed by atoms with E-state index in [1.54, 1.807) is 6.07 Å². The van der Waals surface area contributed by atoms with E-state index in [9.17, 15) is 4.39 Å². The number of thiol groups is 1. The minimum atomic E-state index is -0.366. The molecule has 1 aliphatic rings. The van der Waals surface area contributed by atoms with Gasteiger partial charge in [-0.2, -0.15) is 0 Å². The van der Waals surface area contributed by atoms with Crippen LogP contribution in [-0.2, 0) is 6.61 Å². The van der Waals surface area contributed by atoms with E-state index in [1.165, 1.54) is 6.07 Å². The van der Waals surface area contributed by atoms with Gasteiger partial charge in [0.15, 0.2) is 5.16 Å². The molecule has 0 bridgehead atoms. The molecule has 0 N–H and O–H groups in total. The lowest BCUT2D eigenvalue weighted by atomic mass is 10.2. The third kappa shape index (κ3) is 3.60. The highest BCUT2D eigenvalue weighted by Gasteiger charge is 2.27. The monoisotopic (exact) mass is 418 g/mol. The Labute approximate surface area is 159 Å². The molecule has 0 saturated heterocycles. The van der Waals surface area contributed by atoms with Crippen molar-refractivity contribution in [2.24, 2.45) is 0 Å². The fourth-order valence-electron chi connectivity index (χ4n) is 2.70. The highest BCUT2D eigenvalue weighted by Crippen LogP contribution is 2.41. The van der Waals surface area contributed by atoms with Gasteiger partial charge in [0.2, 0.25) is 0 Å². The second-order valence-electron chi connectivity index (χ2n) is 6.12. The number of rotatable bonds is 5. The highest BCUT2D eigenvalue weighted by molar-refractivity contribution is 9.10. The van der Waals surface area contributed by atoms with Crippen LogP contribution in [0.15, 0.2) is 58.3 Å². The average Bonchev–Trinajstić information content (AvgIpc) is 3.39. The van der Waals surface area contributed by atoms with E-state index in [-0.39, 0.29) is 5.82 Å². The predicted octanol–water partition coefficient (Wildman–Crippen LogP) is 5.52. The topological polar surface area (TPSA) is 27.1 Å². The summed E-state index contributed by atoms with van der Waals surface area (Å²) in [6.45, 7) is 0.362. The summed E-state index contributed by atoms with van der Waals surface area (Å²) in [6.07, 6.45) is 4.29. The van der Waals surface area contributed by atoms with Gasteiger partial charge in [0, 0.05) is 18.2 Å². The zero-order valence-electron chi connectivity index (χ0n) is 13.3. The molecule has 3 nitrogen and oxygen atoms in total. The summed E-state index contributed by atoms with van der Waals surface area (Å²) < 4.78 is 22.2. The number of benzene rings is 2. The summed E-state index contributed by atoms with van der Waals surface area (Å²) in [5.74, 6) is 0.611. The summed E-state index contributed by atoms with van der Waals surface area (Å²) >= 11 is 7.74. The minimum absolute atomic E-state index is 0.362. The quantitative estimate of drug-likeness (QED) is 0.552. The van der Waals surface area contributed by atoms with Crippen LogP contribution in [0.4, 0.5) is 4.39 Å². The number of imidazole rings is 1. The van der Waals surface area contributed by atoms with E-state index in [2.05, 4.69) is 33.5 Å². The van der Waals surface area contributed by atoms with Crippen molar-refractivity contribution in [1.82, 2.24) is 9.55 Å². The Morgan fingerprint density at radius 1 is 1.24 bits per heavy atom. The first-order valence-corrected chi connectivity index (χ1v) is 9.30. The molecule has 25 heavy (non-hydrogen) atoms. The molecule has 1 aliphatic carbocycles. The van der Waals surface area contributed by atoms with Crippen molar-refractivity contribution in [1.29, 1.82) is 0 Å². The number of hydrogen-bond donors (Lipinski definition) is 1. The molecule has 0 amide bonds. The van der Waals surface area contributed by atoms with Gasteiger partial charge in [0.25, 0.3) is 0 Å². The molecule has 2 aromatic carbocycles. The van der Waals surface area contributed by atoms with Crippen molar-refractivity contribution in [3.63, 3.8) is 0 Å². The van der Waals surface area contributed by atoms with Crippen molar-refractivity contribution < 1.29 is 9.13 Å². The van der Waals surface area contributed by atoms with Crippen LogP contribution in [0.25, 0.3) is 5.69 Å². The van der Waals surface area contributed by atoms with Gasteiger partial charge >= 0.3 is 0 Å². The SMILES string of the molecule is Fc1cc(OCc2ccccc2)c(-n2cc(C3CC3)nc2S)cc1Br. The first-order valence-electron chi connectivity index (χ1n) is 8.06. The van der Waals surface area contributed by atoms with Gasteiger partial charge in [-0.15, -0.1) is 12.6 Å². The second kappa shape index (κ2) is 6.84. The summed E-state index contributed by atoms with van der Waals surface area (Å²) in [6, 6.07) is 12.9. The second-order valence-corrected chi connectivity index (χ2v) is 7.37. The predicted molar refractivity (Wildman–Crippen MR) is 101 cm³/mol. The Bertz CT molecular complexity index is 909. The third-order valence-corrected chi connectivity index (χ3v) is 5.12. The van der Waals surface area contributed by atoms with Gasteiger partial charge in [-0.25, -0.2) is 9.37 Å². The van der Waals surface area contributed by atoms with Crippen LogP contribution < -0.4 is 4.74 Å². The van der Waals surface area contributed by atoms with Gasteiger partial charge in [-0.05, 0) is 40.4 Å². The number of halogens is 2. The molecular formula is C19H16BrFN2OS. The van der Waals surface area contributed by atoms with Crippen LogP contribution in [0.1, 0.15) is 30.0 Å². The summed E-state index contributed by atoms with van der Waals surface area (Å²) in [7, 11) is 0.